The summed E-state index contributed by atoms with van der Waals surface area (Å²) in [5.41, 5.74) is 1.14. The van der Waals surface area contributed by atoms with Gasteiger partial charge in [0.25, 0.3) is 5.56 Å². The van der Waals surface area contributed by atoms with E-state index in [0.29, 0.717) is 22.7 Å². The number of anilines is 1. The third-order valence-electron chi connectivity index (χ3n) is 4.94. The molecule has 1 aromatic heterocycles. The first-order valence-corrected chi connectivity index (χ1v) is 10.1. The zero-order chi connectivity index (χ0) is 21.5. The molecule has 3 rings (SSSR count). The third-order valence-corrected chi connectivity index (χ3v) is 5.43. The molecule has 8 heteroatoms. The zero-order valence-corrected chi connectivity index (χ0v) is 18.7. The number of allylic oxidation sites excluding steroid dienone is 1. The first kappa shape index (κ1) is 21.1. The van der Waals surface area contributed by atoms with E-state index in [1.54, 1.807) is 14.0 Å². The molecule has 1 atom stereocenters. The summed E-state index contributed by atoms with van der Waals surface area (Å²) in [6.45, 7) is 5.95. The lowest BCUT2D eigenvalue weighted by Crippen LogP contribution is -2.43. The second kappa shape index (κ2) is 8.02. The average molecular weight is 462 g/mol. The largest absolute Gasteiger partial charge is 0.462 e. The molecule has 0 fully saturated rings. The van der Waals surface area contributed by atoms with E-state index in [4.69, 9.17) is 4.74 Å². The van der Waals surface area contributed by atoms with Crippen LogP contribution in [0.1, 0.15) is 37.8 Å². The summed E-state index contributed by atoms with van der Waals surface area (Å²) in [6.07, 6.45) is 0. The molecule has 0 bridgehead atoms. The van der Waals surface area contributed by atoms with Crippen molar-refractivity contribution in [2.45, 2.75) is 26.7 Å². The van der Waals surface area contributed by atoms with Crippen molar-refractivity contribution >= 4 is 27.7 Å². The van der Waals surface area contributed by atoms with Crippen LogP contribution >= 0.6 is 15.9 Å². The van der Waals surface area contributed by atoms with Gasteiger partial charge in [0.2, 0.25) is 0 Å². The standard InChI is InChI=1S/C21H24BrN3O4/c1-11(2)10-29-20(27)15-12(3)23-18-17(19(26)25(5)21(28)24(18)4)16(15)13-7-6-8-14(22)9-13/h6-9,11,16,23H,10H2,1-5H3/t16-/m0/s1. The Kier molecular flexibility index (Phi) is 5.84. The van der Waals surface area contributed by atoms with Crippen LogP contribution in [0, 0.1) is 5.92 Å². The number of hydrogen-bond acceptors (Lipinski definition) is 5. The van der Waals surface area contributed by atoms with Crippen LogP contribution in [-0.4, -0.2) is 21.7 Å². The highest BCUT2D eigenvalue weighted by atomic mass is 79.9. The van der Waals surface area contributed by atoms with Crippen molar-refractivity contribution < 1.29 is 9.53 Å². The van der Waals surface area contributed by atoms with E-state index < -0.39 is 23.1 Å². The molecule has 0 aliphatic carbocycles. The van der Waals surface area contributed by atoms with Crippen LogP contribution < -0.4 is 16.6 Å². The van der Waals surface area contributed by atoms with Gasteiger partial charge in [0, 0.05) is 24.3 Å². The highest BCUT2D eigenvalue weighted by molar-refractivity contribution is 9.10. The van der Waals surface area contributed by atoms with Crippen LogP contribution in [0.25, 0.3) is 0 Å². The molecule has 0 unspecified atom stereocenters. The molecule has 154 valence electrons. The number of carbonyl (C=O) groups is 1. The van der Waals surface area contributed by atoms with Crippen LogP contribution in [0.3, 0.4) is 0 Å². The van der Waals surface area contributed by atoms with Gasteiger partial charge < -0.3 is 10.1 Å². The number of nitrogens with zero attached hydrogens (tertiary/aromatic N) is 2. The monoisotopic (exact) mass is 461 g/mol. The molecule has 7 nitrogen and oxygen atoms in total. The van der Waals surface area contributed by atoms with Crippen molar-refractivity contribution in [1.82, 2.24) is 9.13 Å². The Hall–Kier alpha value is -2.61. The molecule has 1 aromatic carbocycles. The number of aromatic nitrogens is 2. The van der Waals surface area contributed by atoms with Crippen molar-refractivity contribution in [2.75, 3.05) is 11.9 Å². The van der Waals surface area contributed by atoms with Gasteiger partial charge >= 0.3 is 11.7 Å². The molecule has 0 saturated heterocycles. The molecule has 2 heterocycles. The second-order valence-electron chi connectivity index (χ2n) is 7.61. The van der Waals surface area contributed by atoms with Gasteiger partial charge in [-0.05, 0) is 30.5 Å². The van der Waals surface area contributed by atoms with Gasteiger partial charge in [-0.2, -0.15) is 0 Å². The van der Waals surface area contributed by atoms with Gasteiger partial charge in [-0.1, -0.05) is 41.9 Å². The topological polar surface area (TPSA) is 82.3 Å². The summed E-state index contributed by atoms with van der Waals surface area (Å²) in [6, 6.07) is 7.45. The fourth-order valence-corrected chi connectivity index (χ4v) is 3.91. The number of esters is 1. The summed E-state index contributed by atoms with van der Waals surface area (Å²) in [7, 11) is 3.03. The van der Waals surface area contributed by atoms with Gasteiger partial charge in [-0.25, -0.2) is 9.59 Å². The summed E-state index contributed by atoms with van der Waals surface area (Å²) in [5.74, 6) is -0.563. The number of ether oxygens (including phenoxy) is 1. The molecule has 1 N–H and O–H groups in total. The van der Waals surface area contributed by atoms with E-state index in [-0.39, 0.29) is 12.5 Å². The summed E-state index contributed by atoms with van der Waals surface area (Å²) < 4.78 is 8.78. The molecule has 1 aliphatic heterocycles. The molecule has 0 saturated carbocycles. The number of halogens is 1. The Morgan fingerprint density at radius 2 is 1.93 bits per heavy atom. The van der Waals surface area contributed by atoms with Gasteiger partial charge in [-0.3, -0.25) is 13.9 Å². The number of carbonyl (C=O) groups excluding carboxylic acids is 1. The van der Waals surface area contributed by atoms with E-state index in [2.05, 4.69) is 21.2 Å². The molecular formula is C21H24BrN3O4. The Labute approximate surface area is 177 Å². The molecule has 0 spiro atoms. The van der Waals surface area contributed by atoms with E-state index in [1.165, 1.54) is 11.6 Å². The van der Waals surface area contributed by atoms with E-state index >= 15 is 0 Å². The zero-order valence-electron chi connectivity index (χ0n) is 17.1. The Morgan fingerprint density at radius 1 is 1.24 bits per heavy atom. The minimum absolute atomic E-state index is 0.182. The molecule has 2 aromatic rings. The van der Waals surface area contributed by atoms with E-state index in [0.717, 1.165) is 14.6 Å². The molecule has 29 heavy (non-hydrogen) atoms. The minimum Gasteiger partial charge on any atom is -0.462 e. The van der Waals surface area contributed by atoms with Crippen LogP contribution in [-0.2, 0) is 23.6 Å². The molecule has 1 aliphatic rings. The normalized spacial score (nSPS) is 15.9. The van der Waals surface area contributed by atoms with E-state index in [9.17, 15) is 14.4 Å². The van der Waals surface area contributed by atoms with Gasteiger partial charge in [-0.15, -0.1) is 0 Å². The SMILES string of the molecule is CC1=C(C(=O)OCC(C)C)[C@H](c2cccc(Br)c2)c2c(n(C)c(=O)n(C)c2=O)N1. The van der Waals surface area contributed by atoms with Gasteiger partial charge in [0.1, 0.15) is 5.82 Å². The molecule has 0 radical (unpaired) electrons. The predicted octanol–water partition coefficient (Wildman–Crippen LogP) is 2.88. The van der Waals surface area contributed by atoms with Crippen LogP contribution in [0.15, 0.2) is 49.6 Å². The highest BCUT2D eigenvalue weighted by Crippen LogP contribution is 2.40. The van der Waals surface area contributed by atoms with Crippen molar-refractivity contribution in [3.63, 3.8) is 0 Å². The van der Waals surface area contributed by atoms with Crippen LogP contribution in [0.4, 0.5) is 5.82 Å². The first-order chi connectivity index (χ1) is 13.6. The van der Waals surface area contributed by atoms with Crippen molar-refractivity contribution in [3.8, 4) is 0 Å². The maximum absolute atomic E-state index is 13.1. The van der Waals surface area contributed by atoms with Crippen LogP contribution in [0.5, 0.6) is 0 Å². The van der Waals surface area contributed by atoms with Gasteiger partial charge in [0.05, 0.1) is 23.7 Å². The lowest BCUT2D eigenvalue weighted by atomic mass is 9.82. The number of fused-ring (bicyclic) bond motifs is 1. The van der Waals surface area contributed by atoms with Crippen molar-refractivity contribution in [3.05, 3.63) is 72.0 Å². The summed E-state index contributed by atoms with van der Waals surface area (Å²) in [5, 5.41) is 3.09. The van der Waals surface area contributed by atoms with Crippen molar-refractivity contribution in [1.29, 1.82) is 0 Å². The maximum Gasteiger partial charge on any atom is 0.336 e. The minimum atomic E-state index is -0.658. The molecule has 0 amide bonds. The van der Waals surface area contributed by atoms with Gasteiger partial charge in [0.15, 0.2) is 0 Å². The third kappa shape index (κ3) is 3.81. The number of rotatable bonds is 4. The smallest absolute Gasteiger partial charge is 0.336 e. The highest BCUT2D eigenvalue weighted by Gasteiger charge is 2.37. The number of nitrogens with one attached hydrogen (secondary N) is 1. The Bertz CT molecular complexity index is 1130. The summed E-state index contributed by atoms with van der Waals surface area (Å²) >= 11 is 3.46. The number of benzene rings is 1. The Morgan fingerprint density at radius 3 is 2.55 bits per heavy atom. The average Bonchev–Trinajstić information content (AvgIpc) is 2.67. The van der Waals surface area contributed by atoms with Crippen LogP contribution in [0.2, 0.25) is 0 Å². The fourth-order valence-electron chi connectivity index (χ4n) is 3.50. The predicted molar refractivity (Wildman–Crippen MR) is 115 cm³/mol. The summed E-state index contributed by atoms with van der Waals surface area (Å²) in [4.78, 5) is 38.6. The van der Waals surface area contributed by atoms with Crippen molar-refractivity contribution in [2.24, 2.45) is 20.0 Å². The maximum atomic E-state index is 13.1. The number of hydrogen-bond donors (Lipinski definition) is 1. The first-order valence-electron chi connectivity index (χ1n) is 9.33. The van der Waals surface area contributed by atoms with E-state index in [1.807, 2.05) is 38.1 Å². The lowest BCUT2D eigenvalue weighted by Gasteiger charge is -2.31. The quantitative estimate of drug-likeness (QED) is 0.707. The Balaban J connectivity index is 2.30. The molecular weight excluding hydrogens is 438 g/mol. The second-order valence-corrected chi connectivity index (χ2v) is 8.53. The lowest BCUT2D eigenvalue weighted by molar-refractivity contribution is -0.140. The fraction of sp³-hybridized carbons (Fsp3) is 0.381.